The minimum atomic E-state index is -0.829. The zero-order valence-electron chi connectivity index (χ0n) is 16.0. The normalized spacial score (nSPS) is 12.1. The van der Waals surface area contributed by atoms with Crippen LogP contribution in [0.2, 0.25) is 0 Å². The van der Waals surface area contributed by atoms with Crippen LogP contribution in [0.15, 0.2) is 52.9 Å². The fraction of sp³-hybridized carbons (Fsp3) is 0.286. The number of amides is 1. The van der Waals surface area contributed by atoms with Gasteiger partial charge in [-0.15, -0.1) is 11.3 Å². The van der Waals surface area contributed by atoms with Crippen LogP contribution in [0.4, 0.5) is 0 Å². The number of benzene rings is 2. The van der Waals surface area contributed by atoms with Crippen LogP contribution < -0.4 is 5.32 Å². The van der Waals surface area contributed by atoms with Gasteiger partial charge in [0.05, 0.1) is 15.8 Å². The molecule has 0 aliphatic rings. The minimum Gasteiger partial charge on any atom is -0.449 e. The lowest BCUT2D eigenvalue weighted by molar-refractivity contribution is -0.129. The van der Waals surface area contributed by atoms with Gasteiger partial charge in [0.25, 0.3) is 5.91 Å². The quantitative estimate of drug-likeness (QED) is 0.450. The lowest BCUT2D eigenvalue weighted by Gasteiger charge is -2.15. The van der Waals surface area contributed by atoms with Crippen LogP contribution in [-0.4, -0.2) is 29.0 Å². The highest BCUT2D eigenvalue weighted by Crippen LogP contribution is 2.31. The standard InChI is InChI=1S/C21H22N2O3S2/c1-13(2)22-19(24)14(3)26-20(25)16-10-8-15(9-11-16)12-27-21-23-17-6-4-5-7-18(17)28-21/h4-11,13-14H,12H2,1-3H3,(H,22,24)/t14-/m1/s1. The van der Waals surface area contributed by atoms with E-state index in [0.29, 0.717) is 5.56 Å². The predicted molar refractivity (Wildman–Crippen MR) is 114 cm³/mol. The second kappa shape index (κ2) is 9.21. The fourth-order valence-electron chi connectivity index (χ4n) is 2.48. The summed E-state index contributed by atoms with van der Waals surface area (Å²) in [7, 11) is 0. The number of nitrogens with zero attached hydrogens (tertiary/aromatic N) is 1. The number of carbonyl (C=O) groups is 2. The molecule has 0 radical (unpaired) electrons. The van der Waals surface area contributed by atoms with E-state index in [4.69, 9.17) is 4.74 Å². The minimum absolute atomic E-state index is 0.000799. The number of para-hydroxylation sites is 1. The van der Waals surface area contributed by atoms with Gasteiger partial charge in [0.2, 0.25) is 0 Å². The highest BCUT2D eigenvalue weighted by molar-refractivity contribution is 8.00. The van der Waals surface area contributed by atoms with E-state index in [1.54, 1.807) is 42.2 Å². The Morgan fingerprint density at radius 1 is 1.11 bits per heavy atom. The molecule has 1 atom stereocenters. The largest absolute Gasteiger partial charge is 0.449 e. The van der Waals surface area contributed by atoms with Crippen molar-refractivity contribution in [1.29, 1.82) is 0 Å². The van der Waals surface area contributed by atoms with Gasteiger partial charge in [-0.2, -0.15) is 0 Å². The third-order valence-electron chi connectivity index (χ3n) is 3.91. The van der Waals surface area contributed by atoms with Gasteiger partial charge in [-0.3, -0.25) is 4.79 Å². The topological polar surface area (TPSA) is 68.3 Å². The number of thioether (sulfide) groups is 1. The first kappa shape index (κ1) is 20.4. The first-order valence-electron chi connectivity index (χ1n) is 9.01. The van der Waals surface area contributed by atoms with Crippen LogP contribution in [0.3, 0.4) is 0 Å². The third-order valence-corrected chi connectivity index (χ3v) is 6.16. The molecule has 0 aliphatic heterocycles. The number of hydrogen-bond acceptors (Lipinski definition) is 6. The number of nitrogens with one attached hydrogen (secondary N) is 1. The zero-order chi connectivity index (χ0) is 20.1. The molecule has 0 saturated heterocycles. The van der Waals surface area contributed by atoms with Crippen molar-refractivity contribution in [2.75, 3.05) is 0 Å². The summed E-state index contributed by atoms with van der Waals surface area (Å²) in [6.07, 6.45) is -0.829. The number of ether oxygens (including phenoxy) is 1. The van der Waals surface area contributed by atoms with Gasteiger partial charge in [-0.25, -0.2) is 9.78 Å². The van der Waals surface area contributed by atoms with Crippen molar-refractivity contribution in [3.05, 3.63) is 59.7 Å². The zero-order valence-corrected chi connectivity index (χ0v) is 17.6. The maximum Gasteiger partial charge on any atom is 0.338 e. The lowest BCUT2D eigenvalue weighted by Crippen LogP contribution is -2.39. The molecule has 1 amide bonds. The third kappa shape index (κ3) is 5.33. The smallest absolute Gasteiger partial charge is 0.338 e. The molecule has 0 fully saturated rings. The van der Waals surface area contributed by atoms with Crippen LogP contribution in [0.5, 0.6) is 0 Å². The van der Waals surface area contributed by atoms with Crippen LogP contribution in [0.1, 0.15) is 36.7 Å². The van der Waals surface area contributed by atoms with Crippen LogP contribution in [0.25, 0.3) is 10.2 Å². The van der Waals surface area contributed by atoms with E-state index in [1.165, 1.54) is 4.70 Å². The second-order valence-corrected chi connectivity index (χ2v) is 8.90. The molecule has 0 unspecified atom stereocenters. The van der Waals surface area contributed by atoms with Gasteiger partial charge in [0.1, 0.15) is 0 Å². The summed E-state index contributed by atoms with van der Waals surface area (Å²) >= 11 is 3.35. The highest BCUT2D eigenvalue weighted by Gasteiger charge is 2.19. The SMILES string of the molecule is CC(C)NC(=O)[C@@H](C)OC(=O)c1ccc(CSc2nc3ccccc3s2)cc1. The molecule has 0 aliphatic carbocycles. The summed E-state index contributed by atoms with van der Waals surface area (Å²) in [4.78, 5) is 28.7. The van der Waals surface area contributed by atoms with Crippen LogP contribution >= 0.6 is 23.1 Å². The van der Waals surface area contributed by atoms with E-state index in [0.717, 1.165) is 21.2 Å². The Morgan fingerprint density at radius 2 is 1.82 bits per heavy atom. The average molecular weight is 415 g/mol. The molecule has 1 aromatic heterocycles. The Bertz CT molecular complexity index is 934. The molecular formula is C21H22N2O3S2. The van der Waals surface area contributed by atoms with E-state index in [2.05, 4.69) is 16.4 Å². The summed E-state index contributed by atoms with van der Waals surface area (Å²) in [5, 5.41) is 2.73. The van der Waals surface area contributed by atoms with Crippen LogP contribution in [-0.2, 0) is 15.3 Å². The molecule has 3 aromatic rings. The summed E-state index contributed by atoms with van der Waals surface area (Å²) in [5.74, 6) is -0.0356. The first-order chi connectivity index (χ1) is 13.4. The van der Waals surface area contributed by atoms with Crippen molar-refractivity contribution in [1.82, 2.24) is 10.3 Å². The van der Waals surface area contributed by atoms with E-state index in [-0.39, 0.29) is 11.9 Å². The molecule has 0 saturated carbocycles. The fourth-order valence-corrected chi connectivity index (χ4v) is 4.50. The number of carbonyl (C=O) groups excluding carboxylic acids is 2. The number of hydrogen-bond donors (Lipinski definition) is 1. The van der Waals surface area contributed by atoms with Gasteiger partial charge < -0.3 is 10.1 Å². The summed E-state index contributed by atoms with van der Waals surface area (Å²) < 4.78 is 7.44. The number of esters is 1. The van der Waals surface area contributed by atoms with E-state index in [1.807, 2.05) is 44.2 Å². The highest BCUT2D eigenvalue weighted by atomic mass is 32.2. The molecule has 7 heteroatoms. The van der Waals surface area contributed by atoms with Crippen molar-refractivity contribution in [3.63, 3.8) is 0 Å². The second-order valence-electron chi connectivity index (χ2n) is 6.64. The van der Waals surface area contributed by atoms with Crippen molar-refractivity contribution in [2.45, 2.75) is 43.0 Å². The van der Waals surface area contributed by atoms with E-state index < -0.39 is 12.1 Å². The number of rotatable bonds is 7. The molecule has 1 N–H and O–H groups in total. The van der Waals surface area contributed by atoms with Crippen LogP contribution in [0, 0.1) is 0 Å². The molecule has 28 heavy (non-hydrogen) atoms. The van der Waals surface area contributed by atoms with E-state index in [9.17, 15) is 9.59 Å². The van der Waals surface area contributed by atoms with Gasteiger partial charge in [-0.1, -0.05) is 36.0 Å². The summed E-state index contributed by atoms with van der Waals surface area (Å²) in [6, 6.07) is 15.3. The Balaban J connectivity index is 1.55. The Kier molecular flexibility index (Phi) is 6.70. The summed E-state index contributed by atoms with van der Waals surface area (Å²) in [6.45, 7) is 5.29. The molecule has 2 aromatic carbocycles. The van der Waals surface area contributed by atoms with Gasteiger partial charge in [0.15, 0.2) is 10.4 Å². The Morgan fingerprint density at radius 3 is 2.50 bits per heavy atom. The van der Waals surface area contributed by atoms with Crippen molar-refractivity contribution < 1.29 is 14.3 Å². The molecular weight excluding hydrogens is 392 g/mol. The average Bonchev–Trinajstić information content (AvgIpc) is 3.09. The van der Waals surface area contributed by atoms with E-state index >= 15 is 0 Å². The molecule has 3 rings (SSSR count). The number of fused-ring (bicyclic) bond motifs is 1. The Labute approximate surface area is 172 Å². The van der Waals surface area contributed by atoms with Gasteiger partial charge in [0, 0.05) is 11.8 Å². The molecule has 1 heterocycles. The van der Waals surface area contributed by atoms with Gasteiger partial charge >= 0.3 is 5.97 Å². The van der Waals surface area contributed by atoms with Crippen molar-refractivity contribution >= 4 is 45.2 Å². The maximum absolute atomic E-state index is 12.2. The molecule has 0 spiro atoms. The maximum atomic E-state index is 12.2. The number of thiazole rings is 1. The lowest BCUT2D eigenvalue weighted by atomic mass is 10.1. The predicted octanol–water partition coefficient (Wildman–Crippen LogP) is 4.66. The molecule has 5 nitrogen and oxygen atoms in total. The van der Waals surface area contributed by atoms with Crippen molar-refractivity contribution in [2.24, 2.45) is 0 Å². The summed E-state index contributed by atoms with van der Waals surface area (Å²) in [5.41, 5.74) is 2.54. The molecule has 146 valence electrons. The molecule has 0 bridgehead atoms. The monoisotopic (exact) mass is 414 g/mol. The van der Waals surface area contributed by atoms with Gasteiger partial charge in [-0.05, 0) is 50.6 Å². The number of aromatic nitrogens is 1. The first-order valence-corrected chi connectivity index (χ1v) is 10.8. The Hall–Kier alpha value is -2.38. The van der Waals surface area contributed by atoms with Crippen molar-refractivity contribution in [3.8, 4) is 0 Å².